The number of ether oxygens (including phenoxy) is 1. The van der Waals surface area contributed by atoms with Gasteiger partial charge >= 0.3 is 6.09 Å². The highest BCUT2D eigenvalue weighted by Crippen LogP contribution is 2.29. The highest BCUT2D eigenvalue weighted by atomic mass is 16.6. The summed E-state index contributed by atoms with van der Waals surface area (Å²) in [4.78, 5) is 13.4. The van der Waals surface area contributed by atoms with Gasteiger partial charge in [0.1, 0.15) is 5.75 Å². The Balaban J connectivity index is 0.000000250. The highest BCUT2D eigenvalue weighted by Gasteiger charge is 2.14. The van der Waals surface area contributed by atoms with Gasteiger partial charge in [0, 0.05) is 12.7 Å². The van der Waals surface area contributed by atoms with Crippen LogP contribution in [0.25, 0.3) is 11.1 Å². The number of amides is 1. The van der Waals surface area contributed by atoms with Crippen LogP contribution in [0, 0.1) is 12.3 Å². The van der Waals surface area contributed by atoms with Gasteiger partial charge in [0.05, 0.1) is 5.56 Å². The van der Waals surface area contributed by atoms with Gasteiger partial charge in [-0.25, -0.2) is 4.79 Å². The summed E-state index contributed by atoms with van der Waals surface area (Å²) in [5.74, 6) is 2.87. The Morgan fingerprint density at radius 2 is 1.44 bits per heavy atom. The van der Waals surface area contributed by atoms with Crippen LogP contribution in [0.4, 0.5) is 10.5 Å². The van der Waals surface area contributed by atoms with Gasteiger partial charge in [0.25, 0.3) is 0 Å². The van der Waals surface area contributed by atoms with Crippen LogP contribution >= 0.6 is 0 Å². The molecule has 0 N–H and O–H groups in total. The van der Waals surface area contributed by atoms with Crippen LogP contribution in [-0.2, 0) is 0 Å². The Bertz CT molecular complexity index is 888. The summed E-state index contributed by atoms with van der Waals surface area (Å²) in [6, 6.07) is 24.7. The van der Waals surface area contributed by atoms with Gasteiger partial charge in [-0.2, -0.15) is 0 Å². The quantitative estimate of drug-likeness (QED) is 0.486. The van der Waals surface area contributed by atoms with E-state index in [1.165, 1.54) is 16.0 Å². The Kier molecular flexibility index (Phi) is 4.82. The number of fused-ring (bicyclic) bond motifs is 1. The number of carbonyl (C=O) groups excluding carboxylic acids is 1. The van der Waals surface area contributed by atoms with E-state index >= 15 is 0 Å². The van der Waals surface area contributed by atoms with Crippen molar-refractivity contribution < 1.29 is 9.53 Å². The summed E-state index contributed by atoms with van der Waals surface area (Å²) in [7, 11) is 1.65. The zero-order valence-corrected chi connectivity index (χ0v) is 13.8. The summed E-state index contributed by atoms with van der Waals surface area (Å²) >= 11 is 0. The fraction of sp³-hybridized carbons (Fsp3) is 0.0455. The molecule has 2 aromatic carbocycles. The van der Waals surface area contributed by atoms with E-state index in [1.807, 2.05) is 30.3 Å². The van der Waals surface area contributed by atoms with Crippen molar-refractivity contribution in [3.8, 4) is 29.2 Å². The van der Waals surface area contributed by atoms with Crippen LogP contribution in [0.5, 0.6) is 5.75 Å². The van der Waals surface area contributed by atoms with E-state index in [4.69, 9.17) is 11.2 Å². The molecule has 4 rings (SSSR count). The molecule has 0 bridgehead atoms. The lowest BCUT2D eigenvalue weighted by Crippen LogP contribution is -2.29. The molecule has 0 atom stereocenters. The molecule has 0 radical (unpaired) electrons. The molecule has 0 saturated carbocycles. The van der Waals surface area contributed by atoms with Crippen molar-refractivity contribution >= 4 is 11.8 Å². The molecule has 2 aromatic rings. The molecule has 0 spiro atoms. The second-order valence-electron chi connectivity index (χ2n) is 5.48. The number of nitrogens with zero attached hydrogens (tertiary/aromatic N) is 1. The van der Waals surface area contributed by atoms with Gasteiger partial charge in [-0.05, 0) is 35.4 Å². The van der Waals surface area contributed by atoms with E-state index in [9.17, 15) is 4.79 Å². The molecule has 1 amide bonds. The van der Waals surface area contributed by atoms with Crippen LogP contribution in [0.2, 0.25) is 0 Å². The molecule has 0 unspecified atom stereocenters. The smallest absolute Gasteiger partial charge is 0.409 e. The van der Waals surface area contributed by atoms with Crippen molar-refractivity contribution in [2.45, 2.75) is 0 Å². The van der Waals surface area contributed by atoms with E-state index in [2.05, 4.69) is 30.2 Å². The summed E-state index contributed by atoms with van der Waals surface area (Å²) < 4.78 is 5.30. The number of hydrogen-bond acceptors (Lipinski definition) is 2. The van der Waals surface area contributed by atoms with Gasteiger partial charge in [-0.3, -0.25) is 4.90 Å². The lowest BCUT2D eigenvalue weighted by molar-refractivity contribution is 0.209. The second kappa shape index (κ2) is 7.37. The number of anilines is 1. The summed E-state index contributed by atoms with van der Waals surface area (Å²) in [6.07, 6.45) is 4.88. The molecule has 3 heteroatoms. The molecule has 0 saturated heterocycles. The summed E-state index contributed by atoms with van der Waals surface area (Å²) in [5.41, 5.74) is 4.16. The van der Waals surface area contributed by atoms with Gasteiger partial charge in [-0.1, -0.05) is 60.5 Å². The SMILES string of the molecule is C#Cc1ccccc1OC(=O)N(C)c1ccccc1.c1cc2ccc1-2. The number of rotatable bonds is 2. The first kappa shape index (κ1) is 16.4. The Morgan fingerprint density at radius 3 is 1.96 bits per heavy atom. The topological polar surface area (TPSA) is 29.5 Å². The summed E-state index contributed by atoms with van der Waals surface area (Å²) in [5, 5.41) is 0. The number of para-hydroxylation sites is 2. The molecule has 2 aliphatic rings. The molecule has 122 valence electrons. The van der Waals surface area contributed by atoms with E-state index in [0.29, 0.717) is 11.3 Å². The molecule has 25 heavy (non-hydrogen) atoms. The minimum absolute atomic E-state index is 0.387. The maximum Gasteiger partial charge on any atom is 0.419 e. The Hall–Kier alpha value is -3.51. The third-order valence-electron chi connectivity index (χ3n) is 3.88. The maximum absolute atomic E-state index is 12.0. The van der Waals surface area contributed by atoms with Crippen molar-refractivity contribution in [2.75, 3.05) is 11.9 Å². The van der Waals surface area contributed by atoms with Gasteiger partial charge in [0.2, 0.25) is 0 Å². The number of terminal acetylenes is 1. The standard InChI is InChI=1S/C16H13NO2.C6H4/c1-3-13-9-7-8-12-15(13)19-16(18)17(2)14-10-5-4-6-11-14;1-2-6-4-3-5(1)6/h1,4-12H,2H3;1-4H. The first-order valence-electron chi connectivity index (χ1n) is 7.85. The first-order chi connectivity index (χ1) is 12.2. The number of benzene rings is 3. The highest BCUT2D eigenvalue weighted by molar-refractivity contribution is 5.88. The monoisotopic (exact) mass is 327 g/mol. The van der Waals surface area contributed by atoms with Gasteiger partial charge < -0.3 is 4.74 Å². The summed E-state index contributed by atoms with van der Waals surface area (Å²) in [6.45, 7) is 0. The van der Waals surface area contributed by atoms with E-state index in [1.54, 1.807) is 31.3 Å². The lowest BCUT2D eigenvalue weighted by Gasteiger charge is -2.17. The van der Waals surface area contributed by atoms with Gasteiger partial charge in [0.15, 0.2) is 0 Å². The van der Waals surface area contributed by atoms with E-state index in [-0.39, 0.29) is 0 Å². The zero-order valence-electron chi connectivity index (χ0n) is 13.8. The first-order valence-corrected chi connectivity index (χ1v) is 7.85. The average molecular weight is 327 g/mol. The normalized spacial score (nSPS) is 9.92. The molecule has 2 aliphatic carbocycles. The van der Waals surface area contributed by atoms with E-state index < -0.39 is 6.09 Å². The maximum atomic E-state index is 12.0. The largest absolute Gasteiger partial charge is 0.419 e. The lowest BCUT2D eigenvalue weighted by atomic mass is 9.95. The predicted molar refractivity (Wildman–Crippen MR) is 101 cm³/mol. The van der Waals surface area contributed by atoms with Crippen LogP contribution in [0.15, 0.2) is 78.9 Å². The van der Waals surface area contributed by atoms with Crippen LogP contribution < -0.4 is 9.64 Å². The molecule has 3 nitrogen and oxygen atoms in total. The Morgan fingerprint density at radius 1 is 0.880 bits per heavy atom. The number of carbonyl (C=O) groups is 1. The predicted octanol–water partition coefficient (Wildman–Crippen LogP) is 4.97. The van der Waals surface area contributed by atoms with Crippen LogP contribution in [0.1, 0.15) is 5.56 Å². The van der Waals surface area contributed by atoms with Crippen molar-refractivity contribution in [2.24, 2.45) is 0 Å². The molecule has 0 fully saturated rings. The van der Waals surface area contributed by atoms with Crippen molar-refractivity contribution in [1.29, 1.82) is 0 Å². The van der Waals surface area contributed by atoms with Crippen LogP contribution in [-0.4, -0.2) is 13.1 Å². The fourth-order valence-corrected chi connectivity index (χ4v) is 2.26. The van der Waals surface area contributed by atoms with Crippen LogP contribution in [0.3, 0.4) is 0 Å². The fourth-order valence-electron chi connectivity index (χ4n) is 2.26. The third-order valence-corrected chi connectivity index (χ3v) is 3.88. The number of hydrogen-bond donors (Lipinski definition) is 0. The molecule has 0 aromatic heterocycles. The third kappa shape index (κ3) is 3.70. The minimum atomic E-state index is -0.478. The molecule has 0 heterocycles. The second-order valence-corrected chi connectivity index (χ2v) is 5.48. The van der Waals surface area contributed by atoms with Crippen molar-refractivity contribution in [3.63, 3.8) is 0 Å². The molecule has 0 aliphatic heterocycles. The minimum Gasteiger partial charge on any atom is -0.409 e. The zero-order chi connectivity index (χ0) is 17.6. The van der Waals surface area contributed by atoms with E-state index in [0.717, 1.165) is 5.69 Å². The Labute approximate surface area is 147 Å². The van der Waals surface area contributed by atoms with Crippen molar-refractivity contribution in [1.82, 2.24) is 0 Å². The molecular weight excluding hydrogens is 310 g/mol. The molecular formula is C22H17NO2. The van der Waals surface area contributed by atoms with Crippen molar-refractivity contribution in [3.05, 3.63) is 84.4 Å². The average Bonchev–Trinajstić information content (AvgIpc) is 2.65. The van der Waals surface area contributed by atoms with Gasteiger partial charge in [-0.15, -0.1) is 6.42 Å².